The molecule has 2 fully saturated rings. The molecule has 3 heterocycles. The Hall–Kier alpha value is -1.11. The summed E-state index contributed by atoms with van der Waals surface area (Å²) in [5.74, 6) is 0.743. The van der Waals surface area contributed by atoms with Crippen LogP contribution < -0.4 is 15.5 Å². The van der Waals surface area contributed by atoms with Crippen molar-refractivity contribution in [1.82, 2.24) is 20.8 Å². The second-order valence-corrected chi connectivity index (χ2v) is 5.94. The Morgan fingerprint density at radius 3 is 2.57 bits per heavy atom. The number of nitrogens with one attached hydrogen (secondary N) is 2. The summed E-state index contributed by atoms with van der Waals surface area (Å²) in [6.45, 7) is 5.20. The maximum absolute atomic E-state index is 12.2. The molecule has 0 radical (unpaired) electrons. The number of rotatable bonds is 3. The molecule has 2 unspecified atom stereocenters. The highest BCUT2D eigenvalue weighted by Crippen LogP contribution is 2.16. The molecule has 0 aromatic carbocycles. The van der Waals surface area contributed by atoms with Crippen LogP contribution in [-0.4, -0.2) is 47.8 Å². The van der Waals surface area contributed by atoms with Crippen molar-refractivity contribution in [2.75, 3.05) is 24.5 Å². The number of halogens is 2. The first kappa shape index (κ1) is 19.9. The normalized spacial score (nSPS) is 23.6. The van der Waals surface area contributed by atoms with Crippen LogP contribution in [-0.2, 0) is 0 Å². The highest BCUT2D eigenvalue weighted by Gasteiger charge is 2.23. The Kier molecular flexibility index (Phi) is 8.02. The molecule has 2 saturated heterocycles. The molecule has 6 nitrogen and oxygen atoms in total. The van der Waals surface area contributed by atoms with E-state index in [-0.39, 0.29) is 36.8 Å². The van der Waals surface area contributed by atoms with Gasteiger partial charge in [-0.15, -0.1) is 35.0 Å². The van der Waals surface area contributed by atoms with E-state index in [9.17, 15) is 4.79 Å². The average molecular weight is 362 g/mol. The van der Waals surface area contributed by atoms with Gasteiger partial charge in [0.2, 0.25) is 0 Å². The largest absolute Gasteiger partial charge is 0.355 e. The Morgan fingerprint density at radius 2 is 1.96 bits per heavy atom. The topological polar surface area (TPSA) is 70.2 Å². The summed E-state index contributed by atoms with van der Waals surface area (Å²) < 4.78 is 0. The first-order valence-electron chi connectivity index (χ1n) is 7.87. The molecule has 2 N–H and O–H groups in total. The van der Waals surface area contributed by atoms with Crippen molar-refractivity contribution in [2.45, 2.75) is 44.7 Å². The third-order valence-corrected chi connectivity index (χ3v) is 4.39. The van der Waals surface area contributed by atoms with Crippen molar-refractivity contribution in [2.24, 2.45) is 0 Å². The monoisotopic (exact) mass is 361 g/mol. The molecule has 130 valence electrons. The first-order chi connectivity index (χ1) is 10.2. The molecule has 2 atom stereocenters. The number of carbonyl (C=O) groups is 1. The van der Waals surface area contributed by atoms with Crippen LogP contribution in [0.15, 0.2) is 12.1 Å². The molecule has 1 aromatic rings. The predicted octanol–water partition coefficient (Wildman–Crippen LogP) is 1.79. The molecule has 0 aliphatic carbocycles. The smallest absolute Gasteiger partial charge is 0.272 e. The quantitative estimate of drug-likeness (QED) is 0.858. The fourth-order valence-electron chi connectivity index (χ4n) is 3.04. The van der Waals surface area contributed by atoms with Crippen LogP contribution in [0.1, 0.15) is 43.1 Å². The minimum atomic E-state index is -0.129. The van der Waals surface area contributed by atoms with Crippen molar-refractivity contribution in [1.29, 1.82) is 0 Å². The molecule has 0 saturated carbocycles. The Balaban J connectivity index is 0.00000132. The maximum atomic E-state index is 12.2. The number of hydrogen-bond donors (Lipinski definition) is 2. The zero-order chi connectivity index (χ0) is 14.7. The predicted molar refractivity (Wildman–Crippen MR) is 95.9 cm³/mol. The van der Waals surface area contributed by atoms with Crippen molar-refractivity contribution in [3.8, 4) is 0 Å². The molecular weight excluding hydrogens is 337 g/mol. The average Bonchev–Trinajstić information content (AvgIpc) is 3.04. The fourth-order valence-corrected chi connectivity index (χ4v) is 3.04. The zero-order valence-electron chi connectivity index (χ0n) is 13.3. The number of nitrogens with zero attached hydrogens (tertiary/aromatic N) is 3. The molecule has 1 amide bonds. The van der Waals surface area contributed by atoms with Crippen LogP contribution >= 0.6 is 24.8 Å². The van der Waals surface area contributed by atoms with Crippen molar-refractivity contribution < 1.29 is 4.79 Å². The van der Waals surface area contributed by atoms with Gasteiger partial charge in [-0.1, -0.05) is 0 Å². The lowest BCUT2D eigenvalue weighted by Crippen LogP contribution is -2.52. The number of carbonyl (C=O) groups excluding carboxylic acids is 1. The third-order valence-electron chi connectivity index (χ3n) is 4.39. The summed E-state index contributed by atoms with van der Waals surface area (Å²) in [6.07, 6.45) is 4.51. The number of hydrogen-bond acceptors (Lipinski definition) is 5. The van der Waals surface area contributed by atoms with E-state index in [2.05, 4.69) is 32.7 Å². The van der Waals surface area contributed by atoms with Crippen LogP contribution in [0.3, 0.4) is 0 Å². The van der Waals surface area contributed by atoms with Gasteiger partial charge >= 0.3 is 0 Å². The number of piperidine rings is 1. The van der Waals surface area contributed by atoms with Gasteiger partial charge in [-0.2, -0.15) is 0 Å². The summed E-state index contributed by atoms with van der Waals surface area (Å²) in [4.78, 5) is 14.4. The van der Waals surface area contributed by atoms with Crippen molar-refractivity contribution in [3.05, 3.63) is 17.8 Å². The van der Waals surface area contributed by atoms with Gasteiger partial charge in [-0.05, 0) is 51.3 Å². The molecule has 3 rings (SSSR count). The molecule has 0 bridgehead atoms. The molecule has 2 aliphatic rings. The van der Waals surface area contributed by atoms with Crippen LogP contribution in [0.2, 0.25) is 0 Å². The second-order valence-electron chi connectivity index (χ2n) is 5.94. The van der Waals surface area contributed by atoms with Gasteiger partial charge in [0.15, 0.2) is 11.5 Å². The maximum Gasteiger partial charge on any atom is 0.272 e. The summed E-state index contributed by atoms with van der Waals surface area (Å²) in [5, 5.41) is 14.7. The highest BCUT2D eigenvalue weighted by molar-refractivity contribution is 5.92. The van der Waals surface area contributed by atoms with Gasteiger partial charge in [0.05, 0.1) is 0 Å². The zero-order valence-corrected chi connectivity index (χ0v) is 15.0. The van der Waals surface area contributed by atoms with Gasteiger partial charge in [0, 0.05) is 25.2 Å². The SMILES string of the molecule is CC1NCCCC1NC(=O)c1ccc(N2CCCC2)nn1.Cl.Cl. The van der Waals surface area contributed by atoms with Crippen LogP contribution in [0.25, 0.3) is 0 Å². The van der Waals surface area contributed by atoms with Crippen molar-refractivity contribution in [3.63, 3.8) is 0 Å². The Bertz CT molecular complexity index is 493. The minimum Gasteiger partial charge on any atom is -0.355 e. The van der Waals surface area contributed by atoms with E-state index >= 15 is 0 Å². The van der Waals surface area contributed by atoms with E-state index in [0.717, 1.165) is 38.3 Å². The standard InChI is InChI=1S/C15H23N5O.2ClH/c1-11-12(5-4-8-16-11)17-15(21)13-6-7-14(19-18-13)20-9-2-3-10-20;;/h6-7,11-12,16H,2-5,8-10H2,1H3,(H,17,21);2*1H. The molecule has 1 aromatic heterocycles. The highest BCUT2D eigenvalue weighted by atomic mass is 35.5. The number of amides is 1. The van der Waals surface area contributed by atoms with Crippen LogP contribution in [0.4, 0.5) is 5.82 Å². The lowest BCUT2D eigenvalue weighted by molar-refractivity contribution is 0.0913. The molecular formula is C15H25Cl2N5O. The lowest BCUT2D eigenvalue weighted by Gasteiger charge is -2.30. The van der Waals surface area contributed by atoms with Gasteiger partial charge in [0.1, 0.15) is 0 Å². The van der Waals surface area contributed by atoms with E-state index in [1.807, 2.05) is 6.07 Å². The lowest BCUT2D eigenvalue weighted by atomic mass is 10.00. The van der Waals surface area contributed by atoms with E-state index in [4.69, 9.17) is 0 Å². The summed E-state index contributed by atoms with van der Waals surface area (Å²) in [5.41, 5.74) is 0.399. The first-order valence-corrected chi connectivity index (χ1v) is 7.87. The Labute approximate surface area is 149 Å². The van der Waals surface area contributed by atoms with Crippen LogP contribution in [0, 0.1) is 0 Å². The summed E-state index contributed by atoms with van der Waals surface area (Å²) in [6, 6.07) is 4.15. The van der Waals surface area contributed by atoms with Crippen molar-refractivity contribution >= 4 is 36.5 Å². The van der Waals surface area contributed by atoms with E-state index in [1.165, 1.54) is 12.8 Å². The number of anilines is 1. The number of aromatic nitrogens is 2. The summed E-state index contributed by atoms with van der Waals surface area (Å²) in [7, 11) is 0. The Morgan fingerprint density at radius 1 is 1.22 bits per heavy atom. The van der Waals surface area contributed by atoms with E-state index in [0.29, 0.717) is 11.7 Å². The minimum absolute atomic E-state index is 0. The van der Waals surface area contributed by atoms with E-state index < -0.39 is 0 Å². The molecule has 2 aliphatic heterocycles. The summed E-state index contributed by atoms with van der Waals surface area (Å²) >= 11 is 0. The van der Waals surface area contributed by atoms with Gasteiger partial charge < -0.3 is 15.5 Å². The molecule has 23 heavy (non-hydrogen) atoms. The van der Waals surface area contributed by atoms with Gasteiger partial charge in [-0.25, -0.2) is 0 Å². The van der Waals surface area contributed by atoms with Gasteiger partial charge in [-0.3, -0.25) is 4.79 Å². The second kappa shape index (κ2) is 9.25. The fraction of sp³-hybridized carbons (Fsp3) is 0.667. The van der Waals surface area contributed by atoms with Gasteiger partial charge in [0.25, 0.3) is 5.91 Å². The van der Waals surface area contributed by atoms with E-state index in [1.54, 1.807) is 6.07 Å². The van der Waals surface area contributed by atoms with Crippen LogP contribution in [0.5, 0.6) is 0 Å². The third kappa shape index (κ3) is 4.93. The molecule has 0 spiro atoms. The molecule has 8 heteroatoms.